The van der Waals surface area contributed by atoms with E-state index in [1.54, 1.807) is 11.3 Å². The number of carbonyl (C=O) groups is 1. The monoisotopic (exact) mass is 399 g/mol. The molecule has 2 N–H and O–H groups in total. The van der Waals surface area contributed by atoms with Crippen molar-refractivity contribution in [1.29, 1.82) is 0 Å². The first-order valence-corrected chi connectivity index (χ1v) is 11.2. The Balaban J connectivity index is 1.33. The number of hydrogen-bond acceptors (Lipinski definition) is 5. The van der Waals surface area contributed by atoms with Crippen LogP contribution in [0.2, 0.25) is 0 Å². The van der Waals surface area contributed by atoms with Crippen LogP contribution in [0.5, 0.6) is 5.75 Å². The van der Waals surface area contributed by atoms with Gasteiger partial charge < -0.3 is 15.2 Å². The lowest BCUT2D eigenvalue weighted by atomic mass is 9.87. The van der Waals surface area contributed by atoms with Gasteiger partial charge in [-0.1, -0.05) is 25.1 Å². The van der Waals surface area contributed by atoms with Gasteiger partial charge in [-0.05, 0) is 56.7 Å². The van der Waals surface area contributed by atoms with Crippen molar-refractivity contribution in [2.45, 2.75) is 64.2 Å². The Bertz CT molecular complexity index is 846. The van der Waals surface area contributed by atoms with E-state index in [2.05, 4.69) is 25.2 Å². The van der Waals surface area contributed by atoms with Crippen LogP contribution in [0.1, 0.15) is 51.9 Å². The van der Waals surface area contributed by atoms with E-state index in [-0.39, 0.29) is 23.8 Å². The average molecular weight is 400 g/mol. The van der Waals surface area contributed by atoms with Crippen molar-refractivity contribution < 1.29 is 14.6 Å². The fourth-order valence-corrected chi connectivity index (χ4v) is 5.53. The van der Waals surface area contributed by atoms with Crippen LogP contribution in [-0.2, 0) is 12.8 Å². The second kappa shape index (κ2) is 8.36. The minimum atomic E-state index is -0.553. The highest BCUT2D eigenvalue weighted by molar-refractivity contribution is 7.12. The zero-order valence-electron chi connectivity index (χ0n) is 16.6. The molecule has 1 saturated carbocycles. The molecule has 1 unspecified atom stereocenters. The number of benzene rings is 1. The molecule has 1 aromatic heterocycles. The molecule has 4 rings (SSSR count). The largest absolute Gasteiger partial charge is 0.487 e. The first-order valence-electron chi connectivity index (χ1n) is 10.4. The van der Waals surface area contributed by atoms with E-state index in [1.807, 2.05) is 24.3 Å². The van der Waals surface area contributed by atoms with E-state index in [1.165, 1.54) is 15.3 Å². The summed E-state index contributed by atoms with van der Waals surface area (Å²) in [6.45, 7) is 4.81. The Kier molecular flexibility index (Phi) is 5.85. The van der Waals surface area contributed by atoms with Gasteiger partial charge in [-0.15, -0.1) is 11.3 Å². The molecule has 0 amide bonds. The summed E-state index contributed by atoms with van der Waals surface area (Å²) in [6.07, 6.45) is 3.73. The Hall–Kier alpha value is -1.69. The fourth-order valence-electron chi connectivity index (χ4n) is 4.47. The quantitative estimate of drug-likeness (QED) is 0.773. The third kappa shape index (κ3) is 3.88. The van der Waals surface area contributed by atoms with Crippen molar-refractivity contribution in [3.8, 4) is 5.75 Å². The van der Waals surface area contributed by atoms with E-state index in [4.69, 9.17) is 4.74 Å². The minimum absolute atomic E-state index is 0.00878. The highest BCUT2D eigenvalue weighted by Gasteiger charge is 2.37. The summed E-state index contributed by atoms with van der Waals surface area (Å²) in [5.41, 5.74) is 2.09. The van der Waals surface area contributed by atoms with Gasteiger partial charge in [0.05, 0.1) is 0 Å². The normalized spacial score (nSPS) is 27.0. The van der Waals surface area contributed by atoms with Gasteiger partial charge in [-0.2, -0.15) is 0 Å². The number of nitrogens with one attached hydrogen (secondary N) is 1. The van der Waals surface area contributed by atoms with Crippen molar-refractivity contribution >= 4 is 17.1 Å². The van der Waals surface area contributed by atoms with E-state index >= 15 is 0 Å². The molecule has 0 bridgehead atoms. The molecule has 0 saturated heterocycles. The predicted molar refractivity (Wildman–Crippen MR) is 112 cm³/mol. The third-order valence-corrected chi connectivity index (χ3v) is 7.21. The number of thiophene rings is 1. The average Bonchev–Trinajstić information content (AvgIpc) is 3.25. The van der Waals surface area contributed by atoms with Gasteiger partial charge in [0.1, 0.15) is 18.0 Å². The van der Waals surface area contributed by atoms with Crippen molar-refractivity contribution in [1.82, 2.24) is 5.32 Å². The van der Waals surface area contributed by atoms with Crippen LogP contribution < -0.4 is 10.1 Å². The second-order valence-corrected chi connectivity index (χ2v) is 9.33. The molecule has 0 spiro atoms. The fraction of sp³-hybridized carbons (Fsp3) is 0.522. The molecule has 2 aliphatic carbocycles. The van der Waals surface area contributed by atoms with Crippen LogP contribution >= 0.6 is 11.3 Å². The lowest BCUT2D eigenvalue weighted by molar-refractivity contribution is 0.0437. The van der Waals surface area contributed by atoms with E-state index in [9.17, 15) is 9.90 Å². The van der Waals surface area contributed by atoms with Crippen LogP contribution in [0.3, 0.4) is 0 Å². The van der Waals surface area contributed by atoms with Crippen molar-refractivity contribution in [2.75, 3.05) is 6.54 Å². The van der Waals surface area contributed by atoms with Gasteiger partial charge in [-0.3, -0.25) is 4.79 Å². The molecule has 1 aromatic carbocycles. The summed E-state index contributed by atoms with van der Waals surface area (Å²) in [6, 6.07) is 10.1. The Morgan fingerprint density at radius 1 is 1.25 bits per heavy atom. The van der Waals surface area contributed by atoms with E-state index in [0.717, 1.165) is 43.4 Å². The van der Waals surface area contributed by atoms with Gasteiger partial charge in [-0.25, -0.2) is 0 Å². The number of carbonyl (C=O) groups excluding carboxylic acids is 1. The standard InChI is InChI=1S/C23H29NO3S/c1-3-15-6-4-5-7-19(15)27-20-10-9-18(23(20)26)24-13-16-8-11-21-17(22(16)25)12-14(2)28-21/h4-7,12,16,18,20,23-24,26H,3,8-11,13H2,1-2H3/t16?,18-,20-,23-/m1/s1. The Morgan fingerprint density at radius 2 is 2.07 bits per heavy atom. The summed E-state index contributed by atoms with van der Waals surface area (Å²) < 4.78 is 6.15. The number of ether oxygens (including phenoxy) is 1. The smallest absolute Gasteiger partial charge is 0.168 e. The summed E-state index contributed by atoms with van der Waals surface area (Å²) in [5.74, 6) is 1.14. The van der Waals surface area contributed by atoms with Crippen LogP contribution in [0.4, 0.5) is 0 Å². The first kappa shape index (κ1) is 19.6. The third-order valence-electron chi connectivity index (χ3n) is 6.10. The minimum Gasteiger partial charge on any atom is -0.487 e. The molecule has 4 atom stereocenters. The molecule has 1 fully saturated rings. The topological polar surface area (TPSA) is 58.6 Å². The number of hydrogen-bond donors (Lipinski definition) is 2. The van der Waals surface area contributed by atoms with Gasteiger partial charge in [0.2, 0.25) is 0 Å². The molecule has 150 valence electrons. The van der Waals surface area contributed by atoms with Crippen molar-refractivity contribution in [2.24, 2.45) is 5.92 Å². The number of ketones is 1. The highest BCUT2D eigenvalue weighted by Crippen LogP contribution is 2.32. The zero-order chi connectivity index (χ0) is 19.7. The van der Waals surface area contributed by atoms with Crippen LogP contribution in [0, 0.1) is 12.8 Å². The van der Waals surface area contributed by atoms with Crippen molar-refractivity contribution in [3.05, 3.63) is 51.2 Å². The lowest BCUT2D eigenvalue weighted by Gasteiger charge is -2.26. The summed E-state index contributed by atoms with van der Waals surface area (Å²) in [5, 5.41) is 14.2. The van der Waals surface area contributed by atoms with Crippen molar-refractivity contribution in [3.63, 3.8) is 0 Å². The molecule has 1 heterocycles. The molecule has 2 aromatic rings. The zero-order valence-corrected chi connectivity index (χ0v) is 17.4. The number of aliphatic hydroxyl groups is 1. The molecular formula is C23H29NO3S. The number of para-hydroxylation sites is 1. The van der Waals surface area contributed by atoms with Crippen LogP contribution in [-0.4, -0.2) is 35.7 Å². The number of aryl methyl sites for hydroxylation is 3. The highest BCUT2D eigenvalue weighted by atomic mass is 32.1. The maximum absolute atomic E-state index is 12.8. The van der Waals surface area contributed by atoms with Gasteiger partial charge >= 0.3 is 0 Å². The number of rotatable bonds is 6. The summed E-state index contributed by atoms with van der Waals surface area (Å²) in [7, 11) is 0. The number of aliphatic hydroxyl groups excluding tert-OH is 1. The van der Waals surface area contributed by atoms with Crippen LogP contribution in [0.25, 0.3) is 0 Å². The van der Waals surface area contributed by atoms with E-state index in [0.29, 0.717) is 6.54 Å². The van der Waals surface area contributed by atoms with E-state index < -0.39 is 6.10 Å². The molecule has 28 heavy (non-hydrogen) atoms. The molecule has 5 heteroatoms. The van der Waals surface area contributed by atoms with Gasteiger partial charge in [0.25, 0.3) is 0 Å². The Labute approximate surface area is 170 Å². The van der Waals surface area contributed by atoms with Gasteiger partial charge in [0.15, 0.2) is 5.78 Å². The predicted octanol–water partition coefficient (Wildman–Crippen LogP) is 3.92. The molecular weight excluding hydrogens is 370 g/mol. The van der Waals surface area contributed by atoms with Crippen LogP contribution in [0.15, 0.2) is 30.3 Å². The molecule has 2 aliphatic rings. The number of Topliss-reactive ketones (excluding diaryl/α,β-unsaturated/α-hetero) is 1. The Morgan fingerprint density at radius 3 is 2.89 bits per heavy atom. The second-order valence-electron chi connectivity index (χ2n) is 7.99. The van der Waals surface area contributed by atoms with Gasteiger partial charge in [0, 0.05) is 33.8 Å². The molecule has 4 nitrogen and oxygen atoms in total. The molecule has 0 aliphatic heterocycles. The number of fused-ring (bicyclic) bond motifs is 1. The first-order chi connectivity index (χ1) is 13.6. The summed E-state index contributed by atoms with van der Waals surface area (Å²) in [4.78, 5) is 15.2. The summed E-state index contributed by atoms with van der Waals surface area (Å²) >= 11 is 1.75. The maximum atomic E-state index is 12.8. The SMILES string of the molecule is CCc1ccccc1O[C@@H]1CC[C@@H](NCC2CCc3sc(C)cc3C2=O)[C@H]1O. The lowest BCUT2D eigenvalue weighted by Crippen LogP contribution is -2.44. The maximum Gasteiger partial charge on any atom is 0.168 e. The molecule has 0 radical (unpaired) electrons.